The van der Waals surface area contributed by atoms with E-state index in [1.165, 1.54) is 6.07 Å². The lowest BCUT2D eigenvalue weighted by Gasteiger charge is -2.08. The number of para-hydroxylation sites is 1. The molecule has 2 rings (SSSR count). The van der Waals surface area contributed by atoms with Crippen molar-refractivity contribution in [3.8, 4) is 0 Å². The fourth-order valence-electron chi connectivity index (χ4n) is 1.84. The first-order chi connectivity index (χ1) is 9.75. The zero-order valence-corrected chi connectivity index (χ0v) is 11.1. The SMILES string of the molecule is O=[N+]([O-])c1cccc(NCCCNc2ccccc2)c1. The summed E-state index contributed by atoms with van der Waals surface area (Å²) in [5.41, 5.74) is 1.99. The molecule has 20 heavy (non-hydrogen) atoms. The standard InChI is InChI=1S/C15H17N3O2/c19-18(20)15-9-4-8-14(12-15)17-11-5-10-16-13-6-2-1-3-7-13/h1-4,6-9,12,16-17H,5,10-11H2. The maximum Gasteiger partial charge on any atom is 0.271 e. The van der Waals surface area contributed by atoms with Crippen molar-refractivity contribution in [3.05, 3.63) is 64.7 Å². The van der Waals surface area contributed by atoms with Gasteiger partial charge in [0.05, 0.1) is 4.92 Å². The van der Waals surface area contributed by atoms with Crippen molar-refractivity contribution in [2.24, 2.45) is 0 Å². The van der Waals surface area contributed by atoms with Crippen LogP contribution in [0.2, 0.25) is 0 Å². The van der Waals surface area contributed by atoms with Crippen LogP contribution in [0, 0.1) is 10.1 Å². The first-order valence-electron chi connectivity index (χ1n) is 6.53. The Morgan fingerprint density at radius 1 is 0.900 bits per heavy atom. The van der Waals surface area contributed by atoms with Gasteiger partial charge in [0.2, 0.25) is 0 Å². The second kappa shape index (κ2) is 7.13. The molecule has 0 spiro atoms. The summed E-state index contributed by atoms with van der Waals surface area (Å²) in [4.78, 5) is 10.3. The molecule has 5 nitrogen and oxygen atoms in total. The number of nitro groups is 1. The van der Waals surface area contributed by atoms with Crippen LogP contribution in [0.4, 0.5) is 17.1 Å². The first-order valence-corrected chi connectivity index (χ1v) is 6.53. The van der Waals surface area contributed by atoms with Crippen LogP contribution in [-0.2, 0) is 0 Å². The van der Waals surface area contributed by atoms with E-state index in [0.29, 0.717) is 0 Å². The molecule has 0 aliphatic heterocycles. The van der Waals surface area contributed by atoms with Crippen LogP contribution in [0.3, 0.4) is 0 Å². The summed E-state index contributed by atoms with van der Waals surface area (Å²) in [5.74, 6) is 0. The van der Waals surface area contributed by atoms with Crippen molar-refractivity contribution in [3.63, 3.8) is 0 Å². The molecule has 0 heterocycles. The molecule has 0 aliphatic carbocycles. The summed E-state index contributed by atoms with van der Waals surface area (Å²) >= 11 is 0. The van der Waals surface area contributed by atoms with Gasteiger partial charge in [0.25, 0.3) is 5.69 Å². The fraction of sp³-hybridized carbons (Fsp3) is 0.200. The molecule has 104 valence electrons. The first kappa shape index (κ1) is 13.9. The Bertz CT molecular complexity index is 558. The molecule has 0 amide bonds. The van der Waals surface area contributed by atoms with Gasteiger partial charge in [-0.25, -0.2) is 0 Å². The molecule has 0 unspecified atom stereocenters. The number of benzene rings is 2. The van der Waals surface area contributed by atoms with Crippen LogP contribution < -0.4 is 10.6 Å². The summed E-state index contributed by atoms with van der Waals surface area (Å²) in [6, 6.07) is 16.6. The summed E-state index contributed by atoms with van der Waals surface area (Å²) in [6.07, 6.45) is 0.928. The summed E-state index contributed by atoms with van der Waals surface area (Å²) in [6.45, 7) is 1.62. The number of rotatable bonds is 7. The predicted octanol–water partition coefficient (Wildman–Crippen LogP) is 3.51. The number of non-ortho nitro benzene ring substituents is 1. The van der Waals surface area contributed by atoms with Gasteiger partial charge < -0.3 is 10.6 Å². The minimum Gasteiger partial charge on any atom is -0.385 e. The molecule has 0 aromatic heterocycles. The third kappa shape index (κ3) is 4.28. The zero-order valence-electron chi connectivity index (χ0n) is 11.1. The second-order valence-corrected chi connectivity index (χ2v) is 4.38. The highest BCUT2D eigenvalue weighted by molar-refractivity contribution is 5.50. The van der Waals surface area contributed by atoms with Crippen molar-refractivity contribution >= 4 is 17.1 Å². The maximum absolute atomic E-state index is 10.7. The average molecular weight is 271 g/mol. The van der Waals surface area contributed by atoms with E-state index in [-0.39, 0.29) is 10.6 Å². The number of anilines is 2. The van der Waals surface area contributed by atoms with E-state index in [9.17, 15) is 10.1 Å². The number of hydrogen-bond acceptors (Lipinski definition) is 4. The largest absolute Gasteiger partial charge is 0.385 e. The number of hydrogen-bond donors (Lipinski definition) is 2. The minimum absolute atomic E-state index is 0.109. The van der Waals surface area contributed by atoms with Crippen LogP contribution in [0.5, 0.6) is 0 Å². The van der Waals surface area contributed by atoms with Crippen LogP contribution in [-0.4, -0.2) is 18.0 Å². The lowest BCUT2D eigenvalue weighted by molar-refractivity contribution is -0.384. The van der Waals surface area contributed by atoms with Crippen LogP contribution in [0.25, 0.3) is 0 Å². The zero-order chi connectivity index (χ0) is 14.2. The Kier molecular flexibility index (Phi) is 4.94. The lowest BCUT2D eigenvalue weighted by atomic mass is 10.2. The molecule has 0 saturated carbocycles. The summed E-state index contributed by atoms with van der Waals surface area (Å²) in [5, 5.41) is 17.1. The lowest BCUT2D eigenvalue weighted by Crippen LogP contribution is -2.09. The van der Waals surface area contributed by atoms with Gasteiger partial charge in [0, 0.05) is 36.6 Å². The van der Waals surface area contributed by atoms with Crippen molar-refractivity contribution < 1.29 is 4.92 Å². The van der Waals surface area contributed by atoms with Gasteiger partial charge in [-0.2, -0.15) is 0 Å². The molecular formula is C15H17N3O2. The van der Waals surface area contributed by atoms with Crippen molar-refractivity contribution in [1.82, 2.24) is 0 Å². The van der Waals surface area contributed by atoms with Gasteiger partial charge in [0.15, 0.2) is 0 Å². The molecule has 0 fully saturated rings. The van der Waals surface area contributed by atoms with E-state index < -0.39 is 0 Å². The van der Waals surface area contributed by atoms with E-state index in [0.717, 1.165) is 30.9 Å². The van der Waals surface area contributed by atoms with Gasteiger partial charge in [-0.3, -0.25) is 10.1 Å². The Morgan fingerprint density at radius 3 is 2.25 bits per heavy atom. The highest BCUT2D eigenvalue weighted by atomic mass is 16.6. The molecule has 5 heteroatoms. The quantitative estimate of drug-likeness (QED) is 0.459. The molecule has 0 saturated heterocycles. The Balaban J connectivity index is 1.71. The summed E-state index contributed by atoms with van der Waals surface area (Å²) < 4.78 is 0. The third-order valence-corrected chi connectivity index (χ3v) is 2.84. The van der Waals surface area contributed by atoms with Crippen LogP contribution in [0.1, 0.15) is 6.42 Å². The predicted molar refractivity (Wildman–Crippen MR) is 81.1 cm³/mol. The van der Waals surface area contributed by atoms with Crippen molar-refractivity contribution in [2.45, 2.75) is 6.42 Å². The molecule has 2 aromatic rings. The fourth-order valence-corrected chi connectivity index (χ4v) is 1.84. The van der Waals surface area contributed by atoms with Crippen LogP contribution >= 0.6 is 0 Å². The van der Waals surface area contributed by atoms with E-state index in [2.05, 4.69) is 10.6 Å². The van der Waals surface area contributed by atoms with E-state index in [1.807, 2.05) is 36.4 Å². The second-order valence-electron chi connectivity index (χ2n) is 4.38. The third-order valence-electron chi connectivity index (χ3n) is 2.84. The van der Waals surface area contributed by atoms with E-state index >= 15 is 0 Å². The van der Waals surface area contributed by atoms with Crippen molar-refractivity contribution in [2.75, 3.05) is 23.7 Å². The molecule has 0 bridgehead atoms. The smallest absolute Gasteiger partial charge is 0.271 e. The average Bonchev–Trinajstić information content (AvgIpc) is 2.48. The molecule has 0 atom stereocenters. The topological polar surface area (TPSA) is 67.2 Å². The van der Waals surface area contributed by atoms with Gasteiger partial charge in [-0.1, -0.05) is 24.3 Å². The van der Waals surface area contributed by atoms with Gasteiger partial charge in [-0.15, -0.1) is 0 Å². The molecule has 0 aliphatic rings. The Labute approximate surface area is 117 Å². The van der Waals surface area contributed by atoms with Crippen LogP contribution in [0.15, 0.2) is 54.6 Å². The van der Waals surface area contributed by atoms with Gasteiger partial charge in [0.1, 0.15) is 0 Å². The molecule has 0 radical (unpaired) electrons. The monoisotopic (exact) mass is 271 g/mol. The Hall–Kier alpha value is -2.56. The van der Waals surface area contributed by atoms with E-state index in [1.54, 1.807) is 12.1 Å². The molecule has 2 N–H and O–H groups in total. The van der Waals surface area contributed by atoms with Gasteiger partial charge in [-0.05, 0) is 24.6 Å². The number of nitro benzene ring substituents is 1. The molecule has 2 aromatic carbocycles. The summed E-state index contributed by atoms with van der Waals surface area (Å²) in [7, 11) is 0. The highest BCUT2D eigenvalue weighted by Crippen LogP contribution is 2.16. The normalized spacial score (nSPS) is 10.0. The Morgan fingerprint density at radius 2 is 1.55 bits per heavy atom. The van der Waals surface area contributed by atoms with E-state index in [4.69, 9.17) is 0 Å². The number of nitrogens with one attached hydrogen (secondary N) is 2. The number of nitrogens with zero attached hydrogens (tertiary/aromatic N) is 1. The van der Waals surface area contributed by atoms with Crippen molar-refractivity contribution in [1.29, 1.82) is 0 Å². The highest BCUT2D eigenvalue weighted by Gasteiger charge is 2.04. The minimum atomic E-state index is -0.387. The molecular weight excluding hydrogens is 254 g/mol. The van der Waals surface area contributed by atoms with Gasteiger partial charge >= 0.3 is 0 Å². The maximum atomic E-state index is 10.7.